The highest BCUT2D eigenvalue weighted by Crippen LogP contribution is 2.46. The van der Waals surface area contributed by atoms with Crippen LogP contribution in [0, 0.1) is 25.6 Å². The molecule has 2 unspecified atom stereocenters. The number of halogens is 1. The third-order valence-electron chi connectivity index (χ3n) is 4.46. The zero-order valence-electron chi connectivity index (χ0n) is 15.5. The molecule has 0 saturated heterocycles. The van der Waals surface area contributed by atoms with Gasteiger partial charge in [0, 0.05) is 23.2 Å². The molecule has 0 aliphatic heterocycles. The van der Waals surface area contributed by atoms with E-state index in [9.17, 15) is 4.39 Å². The first-order chi connectivity index (χ1) is 13.5. The first-order valence-electron chi connectivity index (χ1n) is 8.92. The SMILES string of the molecule is Cc1cccc(C2CC2COc2nc(N)nc(NCc3nnc(C)s3)c2F)n1. The molecular weight excluding hydrogens is 381 g/mol. The number of hydrogen-bond acceptors (Lipinski definition) is 9. The molecule has 1 fully saturated rings. The van der Waals surface area contributed by atoms with Crippen molar-refractivity contribution in [3.63, 3.8) is 0 Å². The summed E-state index contributed by atoms with van der Waals surface area (Å²) in [5, 5.41) is 12.4. The summed E-state index contributed by atoms with van der Waals surface area (Å²) < 4.78 is 20.3. The summed E-state index contributed by atoms with van der Waals surface area (Å²) >= 11 is 1.42. The van der Waals surface area contributed by atoms with Gasteiger partial charge in [0.05, 0.1) is 13.2 Å². The van der Waals surface area contributed by atoms with Crippen LogP contribution in [0.1, 0.15) is 33.7 Å². The molecule has 3 aromatic heterocycles. The molecule has 28 heavy (non-hydrogen) atoms. The maximum absolute atomic E-state index is 14.7. The minimum Gasteiger partial charge on any atom is -0.475 e. The second-order valence-corrected chi connectivity index (χ2v) is 8.00. The number of ether oxygens (including phenoxy) is 1. The zero-order chi connectivity index (χ0) is 19.7. The van der Waals surface area contributed by atoms with E-state index in [4.69, 9.17) is 10.5 Å². The van der Waals surface area contributed by atoms with Gasteiger partial charge >= 0.3 is 0 Å². The molecule has 2 atom stereocenters. The number of nitrogen functional groups attached to an aromatic ring is 1. The molecule has 0 spiro atoms. The summed E-state index contributed by atoms with van der Waals surface area (Å²) in [4.78, 5) is 12.4. The molecule has 3 heterocycles. The van der Waals surface area contributed by atoms with Gasteiger partial charge in [-0.3, -0.25) is 4.98 Å². The Hall–Kier alpha value is -2.88. The van der Waals surface area contributed by atoms with Gasteiger partial charge in [0.25, 0.3) is 5.88 Å². The van der Waals surface area contributed by atoms with Gasteiger partial charge in [-0.25, -0.2) is 0 Å². The van der Waals surface area contributed by atoms with Crippen molar-refractivity contribution >= 4 is 23.1 Å². The molecule has 3 N–H and O–H groups in total. The van der Waals surface area contributed by atoms with Gasteiger partial charge in [-0.15, -0.1) is 10.2 Å². The lowest BCUT2D eigenvalue weighted by Gasteiger charge is -2.10. The Morgan fingerprint density at radius 1 is 1.25 bits per heavy atom. The first kappa shape index (κ1) is 18.5. The third kappa shape index (κ3) is 4.16. The fourth-order valence-electron chi connectivity index (χ4n) is 2.97. The second-order valence-electron chi connectivity index (χ2n) is 6.74. The van der Waals surface area contributed by atoms with E-state index in [1.165, 1.54) is 11.3 Å². The lowest BCUT2D eigenvalue weighted by molar-refractivity contribution is 0.271. The van der Waals surface area contributed by atoms with E-state index in [0.29, 0.717) is 19.1 Å². The molecule has 1 aliphatic rings. The molecule has 0 radical (unpaired) electrons. The van der Waals surface area contributed by atoms with E-state index in [2.05, 4.69) is 30.5 Å². The number of aromatic nitrogens is 5. The van der Waals surface area contributed by atoms with Gasteiger partial charge in [0.15, 0.2) is 5.82 Å². The molecule has 0 amide bonds. The van der Waals surface area contributed by atoms with Gasteiger partial charge in [0.2, 0.25) is 11.8 Å². The van der Waals surface area contributed by atoms with Gasteiger partial charge in [-0.1, -0.05) is 17.4 Å². The van der Waals surface area contributed by atoms with Crippen LogP contribution in [-0.4, -0.2) is 31.8 Å². The Bertz CT molecular complexity index is 996. The number of rotatable bonds is 7. The molecule has 4 rings (SSSR count). The van der Waals surface area contributed by atoms with E-state index in [1.807, 2.05) is 32.0 Å². The standard InChI is InChI=1S/C18H20FN7OS/c1-9-4-3-5-13(22-9)12-6-11(12)8-27-17-15(19)16(23-18(20)24-17)21-7-14-26-25-10(2)28-14/h3-5,11-12H,6-8H2,1-2H3,(H3,20,21,23,24). The Morgan fingerprint density at radius 3 is 2.86 bits per heavy atom. The highest BCUT2D eigenvalue weighted by molar-refractivity contribution is 7.11. The minimum absolute atomic E-state index is 0.0111. The summed E-state index contributed by atoms with van der Waals surface area (Å²) in [5.41, 5.74) is 7.75. The van der Waals surface area contributed by atoms with Crippen LogP contribution in [-0.2, 0) is 6.54 Å². The van der Waals surface area contributed by atoms with Gasteiger partial charge in [-0.05, 0) is 32.4 Å². The predicted molar refractivity (Wildman–Crippen MR) is 104 cm³/mol. The van der Waals surface area contributed by atoms with Crippen molar-refractivity contribution in [2.45, 2.75) is 32.7 Å². The van der Waals surface area contributed by atoms with Crippen molar-refractivity contribution in [1.82, 2.24) is 25.1 Å². The highest BCUT2D eigenvalue weighted by atomic mass is 32.1. The van der Waals surface area contributed by atoms with Gasteiger partial charge in [-0.2, -0.15) is 14.4 Å². The van der Waals surface area contributed by atoms with Crippen molar-refractivity contribution in [3.8, 4) is 5.88 Å². The van der Waals surface area contributed by atoms with Crippen LogP contribution >= 0.6 is 11.3 Å². The molecular formula is C18H20FN7OS. The number of nitrogens with two attached hydrogens (primary N) is 1. The quantitative estimate of drug-likeness (QED) is 0.622. The lowest BCUT2D eigenvalue weighted by Crippen LogP contribution is -2.11. The largest absolute Gasteiger partial charge is 0.475 e. The van der Waals surface area contributed by atoms with Crippen LogP contribution in [0.3, 0.4) is 0 Å². The molecule has 10 heteroatoms. The maximum atomic E-state index is 14.7. The van der Waals surface area contributed by atoms with Crippen LogP contribution in [0.4, 0.5) is 16.2 Å². The molecule has 0 bridgehead atoms. The summed E-state index contributed by atoms with van der Waals surface area (Å²) in [6.45, 7) is 4.46. The van der Waals surface area contributed by atoms with Crippen LogP contribution in [0.25, 0.3) is 0 Å². The van der Waals surface area contributed by atoms with Crippen molar-refractivity contribution in [3.05, 3.63) is 45.4 Å². The van der Waals surface area contributed by atoms with Gasteiger partial charge < -0.3 is 15.8 Å². The fourth-order valence-corrected chi connectivity index (χ4v) is 3.62. The highest BCUT2D eigenvalue weighted by Gasteiger charge is 2.40. The lowest BCUT2D eigenvalue weighted by atomic mass is 10.2. The number of anilines is 2. The topological polar surface area (TPSA) is 112 Å². The van der Waals surface area contributed by atoms with E-state index in [0.717, 1.165) is 27.8 Å². The number of hydrogen-bond donors (Lipinski definition) is 2. The summed E-state index contributed by atoms with van der Waals surface area (Å²) in [6.07, 6.45) is 0.958. The average Bonchev–Trinajstić information content (AvgIpc) is 3.33. The number of aryl methyl sites for hydroxylation is 2. The number of nitrogens with one attached hydrogen (secondary N) is 1. The predicted octanol–water partition coefficient (Wildman–Crippen LogP) is 2.86. The normalized spacial score (nSPS) is 18.1. The van der Waals surface area contributed by atoms with Crippen molar-refractivity contribution in [1.29, 1.82) is 0 Å². The average molecular weight is 401 g/mol. The second kappa shape index (κ2) is 7.63. The monoisotopic (exact) mass is 401 g/mol. The van der Waals surface area contributed by atoms with Crippen LogP contribution in [0.5, 0.6) is 5.88 Å². The van der Waals surface area contributed by atoms with E-state index in [-0.39, 0.29) is 23.6 Å². The van der Waals surface area contributed by atoms with Crippen LogP contribution < -0.4 is 15.8 Å². The van der Waals surface area contributed by atoms with Crippen LogP contribution in [0.2, 0.25) is 0 Å². The minimum atomic E-state index is -0.665. The Balaban J connectivity index is 1.39. The van der Waals surface area contributed by atoms with E-state index in [1.54, 1.807) is 0 Å². The summed E-state index contributed by atoms with van der Waals surface area (Å²) in [5.74, 6) is -0.262. The Kier molecular flexibility index (Phi) is 5.03. The summed E-state index contributed by atoms with van der Waals surface area (Å²) in [6, 6.07) is 5.97. The van der Waals surface area contributed by atoms with Crippen molar-refractivity contribution < 1.29 is 9.13 Å². The Labute approximate surface area is 165 Å². The molecule has 8 nitrogen and oxygen atoms in total. The van der Waals surface area contributed by atoms with Gasteiger partial charge in [0.1, 0.15) is 10.0 Å². The van der Waals surface area contributed by atoms with E-state index >= 15 is 0 Å². The molecule has 1 aliphatic carbocycles. The van der Waals surface area contributed by atoms with E-state index < -0.39 is 5.82 Å². The Morgan fingerprint density at radius 2 is 2.11 bits per heavy atom. The summed E-state index contributed by atoms with van der Waals surface area (Å²) in [7, 11) is 0. The molecule has 1 saturated carbocycles. The first-order valence-corrected chi connectivity index (χ1v) is 9.73. The smallest absolute Gasteiger partial charge is 0.257 e. The number of pyridine rings is 1. The fraction of sp³-hybridized carbons (Fsp3) is 0.389. The third-order valence-corrected chi connectivity index (χ3v) is 5.30. The molecule has 0 aromatic carbocycles. The number of nitrogens with zero attached hydrogens (tertiary/aromatic N) is 5. The van der Waals surface area contributed by atoms with Crippen LogP contribution in [0.15, 0.2) is 18.2 Å². The maximum Gasteiger partial charge on any atom is 0.257 e. The van der Waals surface area contributed by atoms with Crippen molar-refractivity contribution in [2.24, 2.45) is 5.92 Å². The molecule has 146 valence electrons. The van der Waals surface area contributed by atoms with Crippen molar-refractivity contribution in [2.75, 3.05) is 17.7 Å². The molecule has 3 aromatic rings. The zero-order valence-corrected chi connectivity index (χ0v) is 16.3.